The summed E-state index contributed by atoms with van der Waals surface area (Å²) in [7, 11) is 0. The molecule has 0 aliphatic heterocycles. The lowest BCUT2D eigenvalue weighted by Crippen LogP contribution is -2.04. The van der Waals surface area contributed by atoms with E-state index in [0.717, 1.165) is 16.4 Å². The van der Waals surface area contributed by atoms with E-state index < -0.39 is 0 Å². The van der Waals surface area contributed by atoms with E-state index in [9.17, 15) is 4.79 Å². The number of hydrogen-bond donors (Lipinski definition) is 0. The molecule has 2 aromatic heterocycles. The normalized spacial score (nSPS) is 10.5. The zero-order valence-electron chi connectivity index (χ0n) is 12.1. The lowest BCUT2D eigenvalue weighted by Gasteiger charge is -2.04. The number of pyridine rings is 1. The molecule has 22 heavy (non-hydrogen) atoms. The Kier molecular flexibility index (Phi) is 3.67. The second-order valence-electron chi connectivity index (χ2n) is 4.68. The van der Waals surface area contributed by atoms with Crippen LogP contribution in [0.25, 0.3) is 16.4 Å². The number of esters is 1. The molecular formula is C17H14N2O3. The SMILES string of the molecule is CCOC(=O)c1c2ccccc2n2cc(OCC#N)ccc12. The summed E-state index contributed by atoms with van der Waals surface area (Å²) in [6.45, 7) is 2.09. The van der Waals surface area contributed by atoms with E-state index in [2.05, 4.69) is 0 Å². The number of benzene rings is 1. The van der Waals surface area contributed by atoms with Crippen molar-refractivity contribution in [2.45, 2.75) is 6.92 Å². The Labute approximate surface area is 127 Å². The molecule has 0 aliphatic rings. The van der Waals surface area contributed by atoms with Gasteiger partial charge in [-0.1, -0.05) is 18.2 Å². The molecule has 5 nitrogen and oxygen atoms in total. The molecule has 0 N–H and O–H groups in total. The lowest BCUT2D eigenvalue weighted by atomic mass is 10.1. The van der Waals surface area contributed by atoms with Crippen LogP contribution in [0.3, 0.4) is 0 Å². The molecule has 5 heteroatoms. The van der Waals surface area contributed by atoms with Crippen molar-refractivity contribution in [2.75, 3.05) is 13.2 Å². The first-order valence-electron chi connectivity index (χ1n) is 6.96. The summed E-state index contributed by atoms with van der Waals surface area (Å²) in [5.41, 5.74) is 2.19. The zero-order valence-corrected chi connectivity index (χ0v) is 12.1. The van der Waals surface area contributed by atoms with Gasteiger partial charge in [0.25, 0.3) is 0 Å². The molecule has 0 radical (unpaired) electrons. The molecule has 0 bridgehead atoms. The van der Waals surface area contributed by atoms with Crippen LogP contribution in [-0.2, 0) is 4.74 Å². The highest BCUT2D eigenvalue weighted by atomic mass is 16.5. The fourth-order valence-electron chi connectivity index (χ4n) is 2.54. The van der Waals surface area contributed by atoms with Crippen LogP contribution < -0.4 is 4.74 Å². The third-order valence-corrected chi connectivity index (χ3v) is 3.39. The minimum Gasteiger partial charge on any atom is -0.477 e. The van der Waals surface area contributed by atoms with Gasteiger partial charge in [0.15, 0.2) is 6.61 Å². The van der Waals surface area contributed by atoms with E-state index in [-0.39, 0.29) is 12.6 Å². The Hall–Kier alpha value is -3.00. The molecule has 0 saturated carbocycles. The zero-order chi connectivity index (χ0) is 15.5. The molecule has 0 saturated heterocycles. The molecule has 0 atom stereocenters. The van der Waals surface area contributed by atoms with Gasteiger partial charge >= 0.3 is 5.97 Å². The van der Waals surface area contributed by atoms with Gasteiger partial charge in [0, 0.05) is 5.39 Å². The highest BCUT2D eigenvalue weighted by Gasteiger charge is 2.19. The van der Waals surface area contributed by atoms with Crippen molar-refractivity contribution in [2.24, 2.45) is 0 Å². The quantitative estimate of drug-likeness (QED) is 0.693. The van der Waals surface area contributed by atoms with Crippen LogP contribution in [0.2, 0.25) is 0 Å². The Morgan fingerprint density at radius 2 is 2.05 bits per heavy atom. The van der Waals surface area contributed by atoms with Crippen molar-refractivity contribution >= 4 is 22.4 Å². The van der Waals surface area contributed by atoms with E-state index >= 15 is 0 Å². The number of fused-ring (bicyclic) bond motifs is 3. The van der Waals surface area contributed by atoms with Gasteiger partial charge in [-0.15, -0.1) is 0 Å². The molecule has 110 valence electrons. The first kappa shape index (κ1) is 14.0. The van der Waals surface area contributed by atoms with Crippen LogP contribution in [0.5, 0.6) is 5.75 Å². The summed E-state index contributed by atoms with van der Waals surface area (Å²) >= 11 is 0. The van der Waals surface area contributed by atoms with Crippen LogP contribution in [0.1, 0.15) is 17.3 Å². The average molecular weight is 294 g/mol. The average Bonchev–Trinajstić information content (AvgIpc) is 2.87. The molecular weight excluding hydrogens is 280 g/mol. The summed E-state index contributed by atoms with van der Waals surface area (Å²) in [5.74, 6) is 0.233. The minimum absolute atomic E-state index is 0.0184. The fourth-order valence-corrected chi connectivity index (χ4v) is 2.54. The number of nitriles is 1. The van der Waals surface area contributed by atoms with Gasteiger partial charge in [0.1, 0.15) is 11.8 Å². The first-order chi connectivity index (χ1) is 10.8. The smallest absolute Gasteiger partial charge is 0.340 e. The van der Waals surface area contributed by atoms with Gasteiger partial charge in [0.2, 0.25) is 0 Å². The number of ether oxygens (including phenoxy) is 2. The van der Waals surface area contributed by atoms with E-state index in [1.54, 1.807) is 25.3 Å². The third-order valence-electron chi connectivity index (χ3n) is 3.39. The van der Waals surface area contributed by atoms with Crippen molar-refractivity contribution in [3.05, 3.63) is 48.2 Å². The van der Waals surface area contributed by atoms with E-state index in [1.807, 2.05) is 34.7 Å². The van der Waals surface area contributed by atoms with Crippen molar-refractivity contribution in [3.8, 4) is 11.8 Å². The summed E-state index contributed by atoms with van der Waals surface area (Å²) in [4.78, 5) is 12.3. The van der Waals surface area contributed by atoms with Gasteiger partial charge in [-0.2, -0.15) is 5.26 Å². The molecule has 0 fully saturated rings. The van der Waals surface area contributed by atoms with Gasteiger partial charge in [0.05, 0.1) is 29.4 Å². The maximum Gasteiger partial charge on any atom is 0.340 e. The highest BCUT2D eigenvalue weighted by Crippen LogP contribution is 2.29. The standard InChI is InChI=1S/C17H14N2O3/c1-2-21-17(20)16-13-5-3-4-6-14(13)19-11-12(22-10-9-18)7-8-15(16)19/h3-8,11H,2,10H2,1H3. The fraction of sp³-hybridized carbons (Fsp3) is 0.176. The van der Waals surface area contributed by atoms with E-state index in [4.69, 9.17) is 14.7 Å². The van der Waals surface area contributed by atoms with E-state index in [1.165, 1.54) is 0 Å². The Morgan fingerprint density at radius 3 is 2.82 bits per heavy atom. The van der Waals surface area contributed by atoms with Crippen LogP contribution in [0, 0.1) is 11.3 Å². The monoisotopic (exact) mass is 294 g/mol. The second kappa shape index (κ2) is 5.78. The largest absolute Gasteiger partial charge is 0.477 e. The Bertz CT molecular complexity index is 890. The topological polar surface area (TPSA) is 63.7 Å². The van der Waals surface area contributed by atoms with Crippen LogP contribution in [-0.4, -0.2) is 23.6 Å². The number of para-hydroxylation sites is 1. The summed E-state index contributed by atoms with van der Waals surface area (Å²) in [6.07, 6.45) is 1.78. The van der Waals surface area contributed by atoms with E-state index in [0.29, 0.717) is 17.9 Å². The second-order valence-corrected chi connectivity index (χ2v) is 4.68. The lowest BCUT2D eigenvalue weighted by molar-refractivity contribution is 0.0531. The van der Waals surface area contributed by atoms with Gasteiger partial charge in [-0.3, -0.25) is 0 Å². The van der Waals surface area contributed by atoms with Crippen LogP contribution in [0.4, 0.5) is 0 Å². The van der Waals surface area contributed by atoms with Crippen molar-refractivity contribution in [1.29, 1.82) is 5.26 Å². The molecule has 0 unspecified atom stereocenters. The van der Waals surface area contributed by atoms with Crippen LogP contribution in [0.15, 0.2) is 42.6 Å². The van der Waals surface area contributed by atoms with Crippen LogP contribution >= 0.6 is 0 Å². The summed E-state index contributed by atoms with van der Waals surface area (Å²) in [6, 6.07) is 13.1. The minimum atomic E-state index is -0.341. The number of rotatable bonds is 4. The molecule has 0 aliphatic carbocycles. The molecule has 3 aromatic rings. The van der Waals surface area contributed by atoms with Gasteiger partial charge in [-0.05, 0) is 25.1 Å². The van der Waals surface area contributed by atoms with Crippen molar-refractivity contribution in [1.82, 2.24) is 4.40 Å². The predicted octanol–water partition coefficient (Wildman–Crippen LogP) is 3.17. The summed E-state index contributed by atoms with van der Waals surface area (Å²) in [5, 5.41) is 9.44. The molecule has 0 spiro atoms. The maximum absolute atomic E-state index is 12.3. The predicted molar refractivity (Wildman–Crippen MR) is 82.0 cm³/mol. The molecule has 3 rings (SSSR count). The Morgan fingerprint density at radius 1 is 1.23 bits per heavy atom. The highest BCUT2D eigenvalue weighted by molar-refractivity contribution is 6.11. The summed E-state index contributed by atoms with van der Waals surface area (Å²) < 4.78 is 12.4. The number of carbonyl (C=O) groups is 1. The number of nitrogens with zero attached hydrogens (tertiary/aromatic N) is 2. The number of hydrogen-bond acceptors (Lipinski definition) is 4. The van der Waals surface area contributed by atoms with Gasteiger partial charge < -0.3 is 13.9 Å². The molecule has 2 heterocycles. The molecule has 1 aromatic carbocycles. The van der Waals surface area contributed by atoms with Crippen molar-refractivity contribution in [3.63, 3.8) is 0 Å². The maximum atomic E-state index is 12.3. The third kappa shape index (κ3) is 2.25. The molecule has 0 amide bonds. The number of aromatic nitrogens is 1. The first-order valence-corrected chi connectivity index (χ1v) is 6.96. The van der Waals surface area contributed by atoms with Gasteiger partial charge in [-0.25, -0.2) is 4.79 Å². The van der Waals surface area contributed by atoms with Crippen molar-refractivity contribution < 1.29 is 14.3 Å². The number of carbonyl (C=O) groups excluding carboxylic acids is 1. The Balaban J connectivity index is 2.25.